The Balaban J connectivity index is 1.70. The molecule has 25 heavy (non-hydrogen) atoms. The fourth-order valence-electron chi connectivity index (χ4n) is 2.48. The molecular weight excluding hydrogens is 320 g/mol. The van der Waals surface area contributed by atoms with Gasteiger partial charge in [-0.25, -0.2) is 0 Å². The average molecular weight is 340 g/mol. The van der Waals surface area contributed by atoms with Crippen molar-refractivity contribution in [1.29, 1.82) is 0 Å². The van der Waals surface area contributed by atoms with Crippen molar-refractivity contribution in [3.8, 4) is 11.5 Å². The highest BCUT2D eigenvalue weighted by Crippen LogP contribution is 2.32. The van der Waals surface area contributed by atoms with Crippen LogP contribution in [-0.2, 0) is 16.1 Å². The summed E-state index contributed by atoms with van der Waals surface area (Å²) >= 11 is 0. The molecule has 0 aliphatic carbocycles. The highest BCUT2D eigenvalue weighted by atomic mass is 16.7. The van der Waals surface area contributed by atoms with Gasteiger partial charge in [0.15, 0.2) is 11.5 Å². The molecule has 1 aromatic carbocycles. The molecule has 0 N–H and O–H groups in total. The topological polar surface area (TPSA) is 60.9 Å². The van der Waals surface area contributed by atoms with Crippen LogP contribution in [0.3, 0.4) is 0 Å². The number of amides is 1. The van der Waals surface area contributed by atoms with Crippen molar-refractivity contribution in [2.75, 3.05) is 27.1 Å². The van der Waals surface area contributed by atoms with E-state index in [2.05, 4.69) is 4.98 Å². The molecule has 0 bridgehead atoms. The van der Waals surface area contributed by atoms with E-state index in [4.69, 9.17) is 14.2 Å². The van der Waals surface area contributed by atoms with Gasteiger partial charge in [0, 0.05) is 38.7 Å². The van der Waals surface area contributed by atoms with Gasteiger partial charge in [-0.15, -0.1) is 0 Å². The lowest BCUT2D eigenvalue weighted by Crippen LogP contribution is -2.32. The number of rotatable bonds is 7. The average Bonchev–Trinajstić information content (AvgIpc) is 3.11. The summed E-state index contributed by atoms with van der Waals surface area (Å²) in [6.45, 7) is 1.67. The standard InChI is InChI=1S/C19H20N2O4/c1-23-10-9-21(19(22)7-5-15-3-2-8-20-12-15)13-16-4-6-17-18(11-16)25-14-24-17/h2-8,11-12H,9-10,13-14H2,1H3/b7-5+. The monoisotopic (exact) mass is 340 g/mol. The number of nitrogens with zero attached hydrogens (tertiary/aromatic N) is 2. The van der Waals surface area contributed by atoms with Crippen LogP contribution in [0.1, 0.15) is 11.1 Å². The van der Waals surface area contributed by atoms with Gasteiger partial charge in [-0.1, -0.05) is 12.1 Å². The first-order valence-corrected chi connectivity index (χ1v) is 8.01. The molecule has 1 aliphatic rings. The van der Waals surface area contributed by atoms with Gasteiger partial charge in [0.25, 0.3) is 0 Å². The van der Waals surface area contributed by atoms with Crippen LogP contribution in [0.4, 0.5) is 0 Å². The third-order valence-electron chi connectivity index (χ3n) is 3.79. The lowest BCUT2D eigenvalue weighted by Gasteiger charge is -2.21. The molecule has 2 heterocycles. The molecule has 2 aromatic rings. The van der Waals surface area contributed by atoms with Crippen molar-refractivity contribution >= 4 is 12.0 Å². The number of pyridine rings is 1. The Morgan fingerprint density at radius 3 is 3.00 bits per heavy atom. The molecular formula is C19H20N2O4. The summed E-state index contributed by atoms with van der Waals surface area (Å²) in [5.74, 6) is 1.36. The first-order valence-electron chi connectivity index (χ1n) is 8.01. The second kappa shape index (κ2) is 8.30. The van der Waals surface area contributed by atoms with E-state index in [-0.39, 0.29) is 12.7 Å². The Kier molecular flexibility index (Phi) is 5.64. The predicted molar refractivity (Wildman–Crippen MR) is 93.1 cm³/mol. The molecule has 0 fully saturated rings. The third-order valence-corrected chi connectivity index (χ3v) is 3.79. The van der Waals surface area contributed by atoms with Gasteiger partial charge in [-0.2, -0.15) is 0 Å². The highest BCUT2D eigenvalue weighted by molar-refractivity contribution is 5.91. The van der Waals surface area contributed by atoms with E-state index in [1.165, 1.54) is 0 Å². The van der Waals surface area contributed by atoms with Crippen molar-refractivity contribution in [3.63, 3.8) is 0 Å². The second-order valence-corrected chi connectivity index (χ2v) is 5.56. The van der Waals surface area contributed by atoms with E-state index in [0.717, 1.165) is 16.9 Å². The molecule has 0 saturated heterocycles. The molecule has 0 radical (unpaired) electrons. The zero-order valence-corrected chi connectivity index (χ0v) is 14.1. The SMILES string of the molecule is COCCN(Cc1ccc2c(c1)OCO2)C(=O)/C=C/c1cccnc1. The Bertz CT molecular complexity index is 746. The number of hydrogen-bond acceptors (Lipinski definition) is 5. The first kappa shape index (κ1) is 17.0. The Morgan fingerprint density at radius 1 is 1.32 bits per heavy atom. The van der Waals surface area contributed by atoms with Crippen molar-refractivity contribution in [2.24, 2.45) is 0 Å². The van der Waals surface area contributed by atoms with Gasteiger partial charge in [0.1, 0.15) is 0 Å². The number of fused-ring (bicyclic) bond motifs is 1. The summed E-state index contributed by atoms with van der Waals surface area (Å²) < 4.78 is 15.8. The zero-order chi connectivity index (χ0) is 17.5. The number of carbonyl (C=O) groups excluding carboxylic acids is 1. The maximum absolute atomic E-state index is 12.6. The minimum atomic E-state index is -0.0847. The quantitative estimate of drug-likeness (QED) is 0.725. The number of carbonyl (C=O) groups is 1. The lowest BCUT2D eigenvalue weighted by atomic mass is 10.2. The maximum atomic E-state index is 12.6. The molecule has 1 aliphatic heterocycles. The molecule has 6 heteroatoms. The predicted octanol–water partition coefficient (Wildman–Crippen LogP) is 2.50. The van der Waals surface area contributed by atoms with Gasteiger partial charge >= 0.3 is 0 Å². The number of methoxy groups -OCH3 is 1. The molecule has 0 spiro atoms. The summed E-state index contributed by atoms with van der Waals surface area (Å²) in [7, 11) is 1.62. The molecule has 130 valence electrons. The van der Waals surface area contributed by atoms with Gasteiger partial charge in [-0.3, -0.25) is 9.78 Å². The molecule has 6 nitrogen and oxygen atoms in total. The van der Waals surface area contributed by atoms with Crippen LogP contribution in [0.5, 0.6) is 11.5 Å². The van der Waals surface area contributed by atoms with E-state index in [0.29, 0.717) is 25.4 Å². The minimum absolute atomic E-state index is 0.0847. The summed E-state index contributed by atoms with van der Waals surface area (Å²) in [6.07, 6.45) is 6.72. The molecule has 0 atom stereocenters. The van der Waals surface area contributed by atoms with Crippen LogP contribution in [-0.4, -0.2) is 42.8 Å². The smallest absolute Gasteiger partial charge is 0.246 e. The van der Waals surface area contributed by atoms with E-state index in [1.807, 2.05) is 30.3 Å². The van der Waals surface area contributed by atoms with Crippen LogP contribution in [0, 0.1) is 0 Å². The fourth-order valence-corrected chi connectivity index (χ4v) is 2.48. The largest absolute Gasteiger partial charge is 0.454 e. The highest BCUT2D eigenvalue weighted by Gasteiger charge is 2.16. The molecule has 1 amide bonds. The van der Waals surface area contributed by atoms with Crippen LogP contribution < -0.4 is 9.47 Å². The molecule has 0 unspecified atom stereocenters. The Hall–Kier alpha value is -2.86. The first-order chi connectivity index (χ1) is 12.3. The Morgan fingerprint density at radius 2 is 2.20 bits per heavy atom. The van der Waals surface area contributed by atoms with Crippen LogP contribution >= 0.6 is 0 Å². The van der Waals surface area contributed by atoms with Crippen molar-refractivity contribution in [2.45, 2.75) is 6.54 Å². The van der Waals surface area contributed by atoms with E-state index >= 15 is 0 Å². The minimum Gasteiger partial charge on any atom is -0.454 e. The summed E-state index contributed by atoms with van der Waals surface area (Å²) in [5.41, 5.74) is 1.86. The number of ether oxygens (including phenoxy) is 3. The molecule has 1 aromatic heterocycles. The van der Waals surface area contributed by atoms with E-state index < -0.39 is 0 Å². The van der Waals surface area contributed by atoms with Crippen molar-refractivity contribution in [3.05, 3.63) is 59.9 Å². The van der Waals surface area contributed by atoms with Crippen LogP contribution in [0.15, 0.2) is 48.8 Å². The van der Waals surface area contributed by atoms with Gasteiger partial charge < -0.3 is 19.1 Å². The molecule has 3 rings (SSSR count). The number of benzene rings is 1. The second-order valence-electron chi connectivity index (χ2n) is 5.56. The summed E-state index contributed by atoms with van der Waals surface area (Å²) in [4.78, 5) is 18.3. The van der Waals surface area contributed by atoms with Crippen molar-refractivity contribution in [1.82, 2.24) is 9.88 Å². The third kappa shape index (κ3) is 4.58. The number of hydrogen-bond donors (Lipinski definition) is 0. The number of aromatic nitrogens is 1. The Labute approximate surface area is 146 Å². The van der Waals surface area contributed by atoms with Gasteiger partial charge in [-0.05, 0) is 35.4 Å². The van der Waals surface area contributed by atoms with Crippen molar-refractivity contribution < 1.29 is 19.0 Å². The van der Waals surface area contributed by atoms with Crippen LogP contribution in [0.25, 0.3) is 6.08 Å². The summed E-state index contributed by atoms with van der Waals surface area (Å²) in [6, 6.07) is 9.43. The normalized spacial score (nSPS) is 12.5. The zero-order valence-electron chi connectivity index (χ0n) is 14.1. The molecule has 0 saturated carbocycles. The lowest BCUT2D eigenvalue weighted by molar-refractivity contribution is -0.127. The maximum Gasteiger partial charge on any atom is 0.246 e. The fraction of sp³-hybridized carbons (Fsp3) is 0.263. The summed E-state index contributed by atoms with van der Waals surface area (Å²) in [5, 5.41) is 0. The van der Waals surface area contributed by atoms with Crippen LogP contribution in [0.2, 0.25) is 0 Å². The van der Waals surface area contributed by atoms with E-state index in [9.17, 15) is 4.79 Å². The van der Waals surface area contributed by atoms with Gasteiger partial charge in [0.05, 0.1) is 6.61 Å². The van der Waals surface area contributed by atoms with Gasteiger partial charge in [0.2, 0.25) is 12.7 Å². The van der Waals surface area contributed by atoms with E-state index in [1.54, 1.807) is 36.6 Å².